The summed E-state index contributed by atoms with van der Waals surface area (Å²) in [6.45, 7) is 0. The van der Waals surface area contributed by atoms with Crippen LogP contribution in [0.3, 0.4) is 0 Å². The summed E-state index contributed by atoms with van der Waals surface area (Å²) in [4.78, 5) is 25.9. The summed E-state index contributed by atoms with van der Waals surface area (Å²) in [6, 6.07) is 17.8. The van der Waals surface area contributed by atoms with Crippen LogP contribution in [0.25, 0.3) is 6.08 Å². The van der Waals surface area contributed by atoms with Crippen molar-refractivity contribution in [3.63, 3.8) is 0 Å². The van der Waals surface area contributed by atoms with Crippen LogP contribution in [0.15, 0.2) is 65.6 Å². The molecule has 1 amide bonds. The smallest absolute Gasteiger partial charge is 0.266 e. The van der Waals surface area contributed by atoms with Gasteiger partial charge in [0.25, 0.3) is 5.91 Å². The van der Waals surface area contributed by atoms with Crippen molar-refractivity contribution in [3.05, 3.63) is 76.7 Å². The van der Waals surface area contributed by atoms with E-state index < -0.39 is 12.0 Å². The zero-order chi connectivity index (χ0) is 17.8. The van der Waals surface area contributed by atoms with Crippen LogP contribution in [0.5, 0.6) is 0 Å². The van der Waals surface area contributed by atoms with E-state index in [2.05, 4.69) is 0 Å². The highest BCUT2D eigenvalue weighted by molar-refractivity contribution is 8.26. The summed E-state index contributed by atoms with van der Waals surface area (Å²) in [5.74, 6) is -1.51. The maximum Gasteiger partial charge on any atom is 0.266 e. The number of aliphatic carboxylic acids is 1. The second-order valence-corrected chi connectivity index (χ2v) is 7.14. The molecular formula is C19H14NO3S2-. The maximum absolute atomic E-state index is 12.9. The molecule has 0 aromatic heterocycles. The van der Waals surface area contributed by atoms with Crippen molar-refractivity contribution < 1.29 is 14.7 Å². The molecule has 0 unspecified atom stereocenters. The molecule has 0 bridgehead atoms. The van der Waals surface area contributed by atoms with Crippen LogP contribution in [0.4, 0.5) is 0 Å². The predicted molar refractivity (Wildman–Crippen MR) is 100 cm³/mol. The number of hydrogen-bond acceptors (Lipinski definition) is 5. The molecule has 25 heavy (non-hydrogen) atoms. The van der Waals surface area contributed by atoms with E-state index >= 15 is 0 Å². The molecule has 0 aliphatic carbocycles. The quantitative estimate of drug-likeness (QED) is 0.600. The van der Waals surface area contributed by atoms with Gasteiger partial charge in [0.15, 0.2) is 0 Å². The highest BCUT2D eigenvalue weighted by Crippen LogP contribution is 2.39. The third kappa shape index (κ3) is 3.97. The van der Waals surface area contributed by atoms with E-state index in [0.717, 1.165) is 5.56 Å². The van der Waals surface area contributed by atoms with Crippen LogP contribution in [0.1, 0.15) is 23.6 Å². The lowest BCUT2D eigenvalue weighted by atomic mass is 10.0. The minimum absolute atomic E-state index is 0.283. The first-order valence-electron chi connectivity index (χ1n) is 7.63. The standard InChI is InChI=1S/C19H15NO3S2/c21-17(22)12-15(14-9-5-2-6-10-14)20-18(23)16(25-19(20)24)11-13-7-3-1-4-8-13/h1-11,15H,12H2,(H,21,22)/p-1/t15-/m1/s1. The van der Waals surface area contributed by atoms with Crippen molar-refractivity contribution in [3.8, 4) is 0 Å². The zero-order valence-corrected chi connectivity index (χ0v) is 14.8. The summed E-state index contributed by atoms with van der Waals surface area (Å²) in [7, 11) is 0. The normalized spacial score (nSPS) is 17.1. The Bertz CT molecular complexity index is 834. The Morgan fingerprint density at radius 1 is 1.12 bits per heavy atom. The fraction of sp³-hybridized carbons (Fsp3) is 0.105. The average Bonchev–Trinajstić information content (AvgIpc) is 2.88. The monoisotopic (exact) mass is 368 g/mol. The first-order chi connectivity index (χ1) is 12.1. The lowest BCUT2D eigenvalue weighted by Crippen LogP contribution is -2.37. The molecule has 0 radical (unpaired) electrons. The molecule has 1 aliphatic rings. The first-order valence-corrected chi connectivity index (χ1v) is 8.85. The van der Waals surface area contributed by atoms with Crippen LogP contribution >= 0.6 is 24.0 Å². The van der Waals surface area contributed by atoms with Gasteiger partial charge in [-0.1, -0.05) is 84.6 Å². The SMILES string of the molecule is O=C([O-])C[C@H](c1ccccc1)N1C(=O)C(=Cc2ccccc2)SC1=S. The highest BCUT2D eigenvalue weighted by Gasteiger charge is 2.37. The summed E-state index contributed by atoms with van der Waals surface area (Å²) in [5.41, 5.74) is 1.60. The fourth-order valence-corrected chi connectivity index (χ4v) is 4.00. The largest absolute Gasteiger partial charge is 0.550 e. The highest BCUT2D eigenvalue weighted by atomic mass is 32.2. The Labute approximate surface area is 155 Å². The number of thioether (sulfide) groups is 1. The number of thiocarbonyl (C=S) groups is 1. The first kappa shape index (κ1) is 17.4. The van der Waals surface area contributed by atoms with E-state index in [0.29, 0.717) is 14.8 Å². The van der Waals surface area contributed by atoms with E-state index in [1.165, 1.54) is 16.7 Å². The Hall–Kier alpha value is -2.44. The minimum Gasteiger partial charge on any atom is -0.550 e. The van der Waals surface area contributed by atoms with E-state index in [-0.39, 0.29) is 12.3 Å². The second kappa shape index (κ2) is 7.63. The van der Waals surface area contributed by atoms with Gasteiger partial charge in [0.05, 0.1) is 10.9 Å². The molecule has 4 nitrogen and oxygen atoms in total. The zero-order valence-electron chi connectivity index (χ0n) is 13.1. The van der Waals surface area contributed by atoms with Gasteiger partial charge < -0.3 is 9.90 Å². The van der Waals surface area contributed by atoms with Crippen LogP contribution in [0, 0.1) is 0 Å². The Morgan fingerprint density at radius 3 is 2.32 bits per heavy atom. The van der Waals surface area contributed by atoms with Crippen molar-refractivity contribution in [2.75, 3.05) is 0 Å². The van der Waals surface area contributed by atoms with Gasteiger partial charge in [0.2, 0.25) is 0 Å². The van der Waals surface area contributed by atoms with E-state index in [1.54, 1.807) is 30.3 Å². The molecule has 6 heteroatoms. The van der Waals surface area contributed by atoms with Crippen LogP contribution in [-0.4, -0.2) is 21.1 Å². The van der Waals surface area contributed by atoms with Crippen LogP contribution in [0.2, 0.25) is 0 Å². The molecule has 1 aliphatic heterocycles. The van der Waals surface area contributed by atoms with Crippen molar-refractivity contribution in [2.45, 2.75) is 12.5 Å². The lowest BCUT2D eigenvalue weighted by Gasteiger charge is -2.27. The van der Waals surface area contributed by atoms with Gasteiger partial charge in [-0.15, -0.1) is 0 Å². The van der Waals surface area contributed by atoms with E-state index in [9.17, 15) is 14.7 Å². The molecule has 1 heterocycles. The molecular weight excluding hydrogens is 354 g/mol. The number of carboxylic acid groups (broad SMARTS) is 1. The number of nitrogens with zero attached hydrogens (tertiary/aromatic N) is 1. The van der Waals surface area contributed by atoms with Crippen molar-refractivity contribution in [1.82, 2.24) is 4.90 Å². The van der Waals surface area contributed by atoms with Gasteiger partial charge in [-0.25, -0.2) is 0 Å². The second-order valence-electron chi connectivity index (χ2n) is 5.47. The number of hydrogen-bond donors (Lipinski definition) is 0. The third-order valence-electron chi connectivity index (χ3n) is 3.78. The number of carbonyl (C=O) groups excluding carboxylic acids is 2. The molecule has 0 saturated carbocycles. The molecule has 2 aromatic carbocycles. The molecule has 3 rings (SSSR count). The summed E-state index contributed by atoms with van der Waals surface area (Å²) in [5, 5.41) is 11.2. The number of carbonyl (C=O) groups is 2. The predicted octanol–water partition coefficient (Wildman–Crippen LogP) is 2.77. The molecule has 1 fully saturated rings. The summed E-state index contributed by atoms with van der Waals surface area (Å²) >= 11 is 6.54. The topological polar surface area (TPSA) is 60.4 Å². The summed E-state index contributed by atoms with van der Waals surface area (Å²) < 4.78 is 0.349. The summed E-state index contributed by atoms with van der Waals surface area (Å²) in [6.07, 6.45) is 1.45. The number of carboxylic acids is 1. The lowest BCUT2D eigenvalue weighted by molar-refractivity contribution is -0.306. The fourth-order valence-electron chi connectivity index (χ4n) is 2.64. The Kier molecular flexibility index (Phi) is 5.31. The van der Waals surface area contributed by atoms with Gasteiger partial charge in [0.1, 0.15) is 4.32 Å². The van der Waals surface area contributed by atoms with Crippen molar-refractivity contribution in [1.29, 1.82) is 0 Å². The molecule has 126 valence electrons. The molecule has 1 atom stereocenters. The van der Waals surface area contributed by atoms with Crippen LogP contribution in [-0.2, 0) is 9.59 Å². The Morgan fingerprint density at radius 2 is 1.72 bits per heavy atom. The number of benzene rings is 2. The average molecular weight is 368 g/mol. The van der Waals surface area contributed by atoms with Gasteiger partial charge in [-0.2, -0.15) is 0 Å². The van der Waals surface area contributed by atoms with Crippen molar-refractivity contribution in [2.24, 2.45) is 0 Å². The van der Waals surface area contributed by atoms with Gasteiger partial charge in [-0.3, -0.25) is 9.69 Å². The van der Waals surface area contributed by atoms with Gasteiger partial charge in [0, 0.05) is 12.4 Å². The van der Waals surface area contributed by atoms with Gasteiger partial charge in [-0.05, 0) is 17.2 Å². The minimum atomic E-state index is -1.23. The molecule has 2 aromatic rings. The van der Waals surface area contributed by atoms with E-state index in [4.69, 9.17) is 12.2 Å². The Balaban J connectivity index is 1.94. The van der Waals surface area contributed by atoms with Gasteiger partial charge >= 0.3 is 0 Å². The van der Waals surface area contributed by atoms with Crippen molar-refractivity contribution >= 4 is 46.3 Å². The molecule has 0 N–H and O–H groups in total. The molecule has 1 saturated heterocycles. The molecule has 0 spiro atoms. The number of amides is 1. The van der Waals surface area contributed by atoms with E-state index in [1.807, 2.05) is 36.4 Å². The number of rotatable bonds is 5. The van der Waals surface area contributed by atoms with Crippen LogP contribution < -0.4 is 5.11 Å². The third-order valence-corrected chi connectivity index (χ3v) is 5.11. The maximum atomic E-state index is 12.9.